The van der Waals surface area contributed by atoms with Crippen molar-refractivity contribution >= 4 is 17.5 Å². The van der Waals surface area contributed by atoms with Crippen LogP contribution in [0.25, 0.3) is 0 Å². The average Bonchev–Trinajstić information content (AvgIpc) is 2.39. The predicted molar refractivity (Wildman–Crippen MR) is 65.2 cm³/mol. The van der Waals surface area contributed by atoms with E-state index in [0.29, 0.717) is 19.8 Å². The smallest absolute Gasteiger partial charge is 0.254 e. The second-order valence-corrected chi connectivity index (χ2v) is 5.31. The monoisotopic (exact) mass is 261 g/mol. The molecule has 2 aliphatic rings. The third kappa shape index (κ3) is 3.12. The molecule has 1 saturated heterocycles. The molecule has 0 spiro atoms. The Kier molecular flexibility index (Phi) is 4.65. The van der Waals surface area contributed by atoms with E-state index in [1.54, 1.807) is 4.90 Å². The number of hydrogen-bond donors (Lipinski definition) is 0. The van der Waals surface area contributed by atoms with Gasteiger partial charge in [-0.05, 0) is 12.8 Å². The second kappa shape index (κ2) is 6.03. The summed E-state index contributed by atoms with van der Waals surface area (Å²) < 4.78 is 10.7. The number of likely N-dealkylation sites (N-methyl/N-ethyl adjacent to an activating group) is 1. The molecular weight excluding hydrogens is 242 g/mol. The maximum Gasteiger partial charge on any atom is 0.254 e. The van der Waals surface area contributed by atoms with Gasteiger partial charge < -0.3 is 14.4 Å². The molecule has 3 atom stereocenters. The van der Waals surface area contributed by atoms with E-state index in [-0.39, 0.29) is 17.3 Å². The van der Waals surface area contributed by atoms with Gasteiger partial charge in [-0.15, -0.1) is 11.6 Å². The van der Waals surface area contributed by atoms with Crippen LogP contribution < -0.4 is 0 Å². The van der Waals surface area contributed by atoms with Crippen molar-refractivity contribution in [2.24, 2.45) is 0 Å². The molecule has 3 unspecified atom stereocenters. The highest BCUT2D eigenvalue weighted by molar-refractivity contribution is 6.21. The summed E-state index contributed by atoms with van der Waals surface area (Å²) in [5.74, 6) is 0.00208. The highest BCUT2D eigenvalue weighted by atomic mass is 35.5. The first kappa shape index (κ1) is 13.1. The summed E-state index contributed by atoms with van der Waals surface area (Å²) in [5, 5.41) is 0.0715. The number of nitrogens with zero attached hydrogens (tertiary/aromatic N) is 1. The van der Waals surface area contributed by atoms with E-state index in [4.69, 9.17) is 21.1 Å². The largest absolute Gasteiger partial charge is 0.376 e. The number of amides is 1. The van der Waals surface area contributed by atoms with Gasteiger partial charge in [0, 0.05) is 13.1 Å². The highest BCUT2D eigenvalue weighted by Crippen LogP contribution is 2.27. The van der Waals surface area contributed by atoms with Gasteiger partial charge >= 0.3 is 0 Å². The van der Waals surface area contributed by atoms with Crippen molar-refractivity contribution in [1.29, 1.82) is 0 Å². The molecule has 2 rings (SSSR count). The first-order valence-corrected chi connectivity index (χ1v) is 6.74. The molecule has 4 nitrogen and oxygen atoms in total. The minimum atomic E-state index is -0.445. The lowest BCUT2D eigenvalue weighted by Crippen LogP contribution is -2.51. The average molecular weight is 262 g/mol. The fraction of sp³-hybridized carbons (Fsp3) is 0.917. The minimum absolute atomic E-state index is 0.00208. The van der Waals surface area contributed by atoms with Crippen LogP contribution in [0.3, 0.4) is 0 Å². The van der Waals surface area contributed by atoms with Crippen molar-refractivity contribution in [3.63, 3.8) is 0 Å². The summed E-state index contributed by atoms with van der Waals surface area (Å²) in [5.41, 5.74) is 0. The Morgan fingerprint density at radius 1 is 1.29 bits per heavy atom. The van der Waals surface area contributed by atoms with Gasteiger partial charge in [0.15, 0.2) is 6.10 Å². The number of halogens is 1. The summed E-state index contributed by atoms with van der Waals surface area (Å²) in [6.45, 7) is 1.44. The Balaban J connectivity index is 1.92. The van der Waals surface area contributed by atoms with Crippen molar-refractivity contribution in [2.75, 3.05) is 26.9 Å². The van der Waals surface area contributed by atoms with Gasteiger partial charge in [-0.3, -0.25) is 4.79 Å². The number of carbonyl (C=O) groups excluding carboxylic acids is 1. The molecule has 98 valence electrons. The van der Waals surface area contributed by atoms with Crippen molar-refractivity contribution in [3.05, 3.63) is 0 Å². The Morgan fingerprint density at radius 2 is 2.06 bits per heavy atom. The zero-order chi connectivity index (χ0) is 12.3. The Bertz CT molecular complexity index is 268. The molecule has 1 saturated carbocycles. The lowest BCUT2D eigenvalue weighted by molar-refractivity contribution is -0.159. The molecule has 1 amide bonds. The minimum Gasteiger partial charge on any atom is -0.376 e. The van der Waals surface area contributed by atoms with Crippen molar-refractivity contribution < 1.29 is 14.3 Å². The van der Waals surface area contributed by atoms with E-state index in [0.717, 1.165) is 25.7 Å². The molecule has 5 heteroatoms. The summed E-state index contributed by atoms with van der Waals surface area (Å²) in [4.78, 5) is 14.0. The van der Waals surface area contributed by atoms with Crippen LogP contribution in [0.2, 0.25) is 0 Å². The molecule has 0 N–H and O–H groups in total. The quantitative estimate of drug-likeness (QED) is 0.706. The summed E-state index contributed by atoms with van der Waals surface area (Å²) in [7, 11) is 1.83. The van der Waals surface area contributed by atoms with Crippen LogP contribution in [0.4, 0.5) is 0 Å². The van der Waals surface area contributed by atoms with Gasteiger partial charge in [0.2, 0.25) is 0 Å². The van der Waals surface area contributed by atoms with E-state index in [1.807, 2.05) is 7.05 Å². The molecule has 17 heavy (non-hydrogen) atoms. The number of alkyl halides is 1. The van der Waals surface area contributed by atoms with E-state index in [2.05, 4.69) is 0 Å². The van der Waals surface area contributed by atoms with Gasteiger partial charge in [-0.1, -0.05) is 12.8 Å². The first-order chi connectivity index (χ1) is 8.20. The fourth-order valence-corrected chi connectivity index (χ4v) is 2.97. The SMILES string of the molecule is CN(C(=O)C1COCCO1)C1CCCCC1Cl. The van der Waals surface area contributed by atoms with E-state index < -0.39 is 6.10 Å². The molecule has 1 heterocycles. The maximum absolute atomic E-state index is 12.2. The lowest BCUT2D eigenvalue weighted by atomic mass is 9.93. The highest BCUT2D eigenvalue weighted by Gasteiger charge is 2.33. The van der Waals surface area contributed by atoms with Gasteiger partial charge in [0.25, 0.3) is 5.91 Å². The van der Waals surface area contributed by atoms with Gasteiger partial charge in [-0.25, -0.2) is 0 Å². The molecular formula is C12H20ClNO3. The van der Waals surface area contributed by atoms with Crippen LogP contribution >= 0.6 is 11.6 Å². The Labute approximate surface area is 107 Å². The zero-order valence-electron chi connectivity index (χ0n) is 10.2. The molecule has 0 aromatic heterocycles. The van der Waals surface area contributed by atoms with Crippen molar-refractivity contribution in [2.45, 2.75) is 43.2 Å². The van der Waals surface area contributed by atoms with Gasteiger partial charge in [0.1, 0.15) is 0 Å². The van der Waals surface area contributed by atoms with Crippen LogP contribution in [-0.4, -0.2) is 55.2 Å². The number of carbonyl (C=O) groups is 1. The first-order valence-electron chi connectivity index (χ1n) is 6.30. The standard InChI is InChI=1S/C12H20ClNO3/c1-14(10-5-3-2-4-9(10)13)12(15)11-8-16-6-7-17-11/h9-11H,2-8H2,1H3. The molecule has 1 aliphatic heterocycles. The van der Waals surface area contributed by atoms with Crippen molar-refractivity contribution in [3.8, 4) is 0 Å². The molecule has 0 aromatic carbocycles. The fourth-order valence-electron chi connectivity index (χ4n) is 2.52. The number of hydrogen-bond acceptors (Lipinski definition) is 3. The third-order valence-electron chi connectivity index (χ3n) is 3.58. The lowest BCUT2D eigenvalue weighted by Gasteiger charge is -2.37. The van der Waals surface area contributed by atoms with Crippen molar-refractivity contribution in [1.82, 2.24) is 4.90 Å². The molecule has 0 bridgehead atoms. The summed E-state index contributed by atoms with van der Waals surface area (Å²) in [6.07, 6.45) is 3.85. The van der Waals surface area contributed by atoms with Crippen LogP contribution in [0, 0.1) is 0 Å². The third-order valence-corrected chi connectivity index (χ3v) is 4.09. The molecule has 2 fully saturated rings. The molecule has 1 aliphatic carbocycles. The Morgan fingerprint density at radius 3 is 2.71 bits per heavy atom. The zero-order valence-corrected chi connectivity index (χ0v) is 11.0. The van der Waals surface area contributed by atoms with Crippen LogP contribution in [-0.2, 0) is 14.3 Å². The van der Waals surface area contributed by atoms with Crippen LogP contribution in [0.15, 0.2) is 0 Å². The summed E-state index contributed by atoms with van der Waals surface area (Å²) in [6, 6.07) is 0.142. The van der Waals surface area contributed by atoms with Crippen LogP contribution in [0.5, 0.6) is 0 Å². The number of rotatable bonds is 2. The van der Waals surface area contributed by atoms with Gasteiger partial charge in [-0.2, -0.15) is 0 Å². The van der Waals surface area contributed by atoms with E-state index in [9.17, 15) is 4.79 Å². The molecule has 0 aromatic rings. The number of ether oxygens (including phenoxy) is 2. The van der Waals surface area contributed by atoms with E-state index >= 15 is 0 Å². The van der Waals surface area contributed by atoms with Gasteiger partial charge in [0.05, 0.1) is 25.2 Å². The topological polar surface area (TPSA) is 38.8 Å². The van der Waals surface area contributed by atoms with Crippen LogP contribution in [0.1, 0.15) is 25.7 Å². The maximum atomic E-state index is 12.2. The summed E-state index contributed by atoms with van der Waals surface area (Å²) >= 11 is 6.29. The molecule has 0 radical (unpaired) electrons. The normalized spacial score (nSPS) is 34.4. The second-order valence-electron chi connectivity index (χ2n) is 4.75. The Hall–Kier alpha value is -0.320. The van der Waals surface area contributed by atoms with E-state index in [1.165, 1.54) is 0 Å². The predicted octanol–water partition coefficient (Wildman–Crippen LogP) is 1.41.